The van der Waals surface area contributed by atoms with Gasteiger partial charge in [0.25, 0.3) is 0 Å². The number of carbonyl (C=O) groups excluding carboxylic acids is 1. The monoisotopic (exact) mass is 366 g/mol. The Kier molecular flexibility index (Phi) is 5.38. The fourth-order valence-corrected chi connectivity index (χ4v) is 3.58. The van der Waals surface area contributed by atoms with Crippen LogP contribution in [0.1, 0.15) is 31.0 Å². The summed E-state index contributed by atoms with van der Waals surface area (Å²) in [6, 6.07) is 17.5. The first-order valence-corrected chi connectivity index (χ1v) is 8.89. The van der Waals surface area contributed by atoms with Crippen molar-refractivity contribution < 1.29 is 9.53 Å². The largest absolute Gasteiger partial charge is 0.497 e. The summed E-state index contributed by atoms with van der Waals surface area (Å²) in [4.78, 5) is 14.4. The zero-order chi connectivity index (χ0) is 18.7. The third kappa shape index (κ3) is 3.63. The molecule has 2 aromatic rings. The molecule has 0 aliphatic carbocycles. The van der Waals surface area contributed by atoms with Crippen molar-refractivity contribution in [2.24, 2.45) is 0 Å². The molecular formula is C21H22N2O2S. The molecule has 0 radical (unpaired) electrons. The Labute approximate surface area is 159 Å². The maximum absolute atomic E-state index is 12.5. The number of hydrogen-bond donors (Lipinski definition) is 1. The predicted octanol–water partition coefficient (Wildman–Crippen LogP) is 3.99. The second kappa shape index (κ2) is 7.70. The molecule has 4 nitrogen and oxygen atoms in total. The Morgan fingerprint density at radius 2 is 1.92 bits per heavy atom. The molecule has 0 fully saturated rings. The number of benzene rings is 2. The van der Waals surface area contributed by atoms with Crippen LogP contribution in [0, 0.1) is 0 Å². The third-order valence-corrected chi connectivity index (χ3v) is 4.92. The fourth-order valence-electron chi connectivity index (χ4n) is 3.27. The summed E-state index contributed by atoms with van der Waals surface area (Å²) in [5.74, 6) is 0.783. The molecule has 3 rings (SSSR count). The van der Waals surface area contributed by atoms with Gasteiger partial charge in [0.1, 0.15) is 5.75 Å². The van der Waals surface area contributed by atoms with Crippen LogP contribution in [0.3, 0.4) is 0 Å². The molecule has 1 atom stereocenters. The van der Waals surface area contributed by atoms with Crippen LogP contribution >= 0.6 is 12.2 Å². The summed E-state index contributed by atoms with van der Waals surface area (Å²) in [5.41, 5.74) is 3.70. The lowest BCUT2D eigenvalue weighted by Crippen LogP contribution is -2.47. The topological polar surface area (TPSA) is 41.6 Å². The van der Waals surface area contributed by atoms with E-state index in [0.29, 0.717) is 11.7 Å². The van der Waals surface area contributed by atoms with E-state index < -0.39 is 0 Å². The zero-order valence-electron chi connectivity index (χ0n) is 15.2. The molecule has 0 spiro atoms. The highest BCUT2D eigenvalue weighted by atomic mass is 32.1. The summed E-state index contributed by atoms with van der Waals surface area (Å²) >= 11 is 5.62. The summed E-state index contributed by atoms with van der Waals surface area (Å²) < 4.78 is 5.32. The van der Waals surface area contributed by atoms with E-state index in [1.54, 1.807) is 14.0 Å². The van der Waals surface area contributed by atoms with Crippen molar-refractivity contribution in [1.29, 1.82) is 0 Å². The molecule has 26 heavy (non-hydrogen) atoms. The van der Waals surface area contributed by atoms with Crippen LogP contribution in [-0.4, -0.2) is 22.9 Å². The number of rotatable bonds is 5. The average molecular weight is 366 g/mol. The number of carbonyl (C=O) groups is 1. The first-order chi connectivity index (χ1) is 12.5. The number of hydrogen-bond acceptors (Lipinski definition) is 3. The second-order valence-corrected chi connectivity index (χ2v) is 6.67. The van der Waals surface area contributed by atoms with Gasteiger partial charge in [0.15, 0.2) is 10.9 Å². The number of nitrogens with one attached hydrogen (secondary N) is 1. The third-order valence-electron chi connectivity index (χ3n) is 4.59. The van der Waals surface area contributed by atoms with Crippen LogP contribution < -0.4 is 10.1 Å². The highest BCUT2D eigenvalue weighted by molar-refractivity contribution is 7.80. The Morgan fingerprint density at radius 1 is 1.19 bits per heavy atom. The fraction of sp³-hybridized carbons (Fsp3) is 0.238. The molecule has 2 aromatic carbocycles. The zero-order valence-corrected chi connectivity index (χ0v) is 16.0. The first-order valence-electron chi connectivity index (χ1n) is 8.49. The van der Waals surface area contributed by atoms with Gasteiger partial charge in [-0.25, -0.2) is 0 Å². The summed E-state index contributed by atoms with van der Waals surface area (Å²) in [7, 11) is 1.63. The molecule has 5 heteroatoms. The molecule has 134 valence electrons. The van der Waals surface area contributed by atoms with Gasteiger partial charge in [-0.15, -0.1) is 0 Å². The maximum atomic E-state index is 12.5. The second-order valence-electron chi connectivity index (χ2n) is 6.29. The Bertz CT molecular complexity index is 861. The highest BCUT2D eigenvalue weighted by Crippen LogP contribution is 2.33. The molecule has 0 saturated heterocycles. The van der Waals surface area contributed by atoms with Crippen LogP contribution in [0.4, 0.5) is 0 Å². The van der Waals surface area contributed by atoms with E-state index in [-0.39, 0.29) is 11.8 Å². The maximum Gasteiger partial charge on any atom is 0.174 e. The summed E-state index contributed by atoms with van der Waals surface area (Å²) in [6.45, 7) is 4.18. The molecule has 1 unspecified atom stereocenters. The lowest BCUT2D eigenvalue weighted by atomic mass is 9.92. The number of ketones is 1. The van der Waals surface area contributed by atoms with Gasteiger partial charge in [-0.2, -0.15) is 0 Å². The van der Waals surface area contributed by atoms with Gasteiger partial charge in [0.05, 0.1) is 13.2 Å². The van der Waals surface area contributed by atoms with Crippen LogP contribution in [-0.2, 0) is 11.3 Å². The number of allylic oxidation sites excluding steroid dienone is 1. The number of ether oxygens (including phenoxy) is 1. The molecule has 1 N–H and O–H groups in total. The van der Waals surface area contributed by atoms with Gasteiger partial charge < -0.3 is 15.0 Å². The van der Waals surface area contributed by atoms with Crippen molar-refractivity contribution in [3.63, 3.8) is 0 Å². The van der Waals surface area contributed by atoms with Gasteiger partial charge >= 0.3 is 0 Å². The SMILES string of the molecule is COc1cccc(C2NC(=S)N(Cc3ccccc3)C(C)=C2C(C)=O)c1. The van der Waals surface area contributed by atoms with Crippen molar-refractivity contribution in [1.82, 2.24) is 10.2 Å². The van der Waals surface area contributed by atoms with Crippen molar-refractivity contribution >= 4 is 23.1 Å². The van der Waals surface area contributed by atoms with E-state index in [2.05, 4.69) is 17.4 Å². The standard InChI is InChI=1S/C21H22N2O2S/c1-14-19(15(2)24)20(17-10-7-11-18(12-17)25-3)22-21(26)23(14)13-16-8-5-4-6-9-16/h4-12,20H,13H2,1-3H3,(H,22,26). The number of nitrogens with zero attached hydrogens (tertiary/aromatic N) is 1. The first kappa shape index (κ1) is 18.1. The predicted molar refractivity (Wildman–Crippen MR) is 107 cm³/mol. The molecule has 1 aliphatic heterocycles. The minimum absolute atomic E-state index is 0.0309. The van der Waals surface area contributed by atoms with Crippen molar-refractivity contribution in [2.45, 2.75) is 26.4 Å². The Morgan fingerprint density at radius 3 is 2.58 bits per heavy atom. The molecule has 1 aliphatic rings. The van der Waals surface area contributed by atoms with E-state index in [9.17, 15) is 4.79 Å². The smallest absolute Gasteiger partial charge is 0.174 e. The minimum Gasteiger partial charge on any atom is -0.497 e. The number of methoxy groups -OCH3 is 1. The van der Waals surface area contributed by atoms with E-state index in [1.807, 2.05) is 54.3 Å². The molecular weight excluding hydrogens is 344 g/mol. The van der Waals surface area contributed by atoms with Crippen molar-refractivity contribution in [2.75, 3.05) is 7.11 Å². The summed E-state index contributed by atoms with van der Waals surface area (Å²) in [6.07, 6.45) is 0. The molecule has 0 saturated carbocycles. The van der Waals surface area contributed by atoms with Gasteiger partial charge in [-0.05, 0) is 49.3 Å². The number of thiocarbonyl (C=S) groups is 1. The van der Waals surface area contributed by atoms with E-state index in [0.717, 1.165) is 28.1 Å². The van der Waals surface area contributed by atoms with E-state index in [4.69, 9.17) is 17.0 Å². The normalized spacial score (nSPS) is 17.1. The molecule has 0 bridgehead atoms. The average Bonchev–Trinajstić information content (AvgIpc) is 2.65. The van der Waals surface area contributed by atoms with Crippen LogP contribution in [0.25, 0.3) is 0 Å². The molecule has 0 aromatic heterocycles. The van der Waals surface area contributed by atoms with Gasteiger partial charge in [0, 0.05) is 17.8 Å². The Balaban J connectivity index is 2.01. The van der Waals surface area contributed by atoms with Crippen LogP contribution in [0.5, 0.6) is 5.75 Å². The van der Waals surface area contributed by atoms with Gasteiger partial charge in [0.2, 0.25) is 0 Å². The number of Topliss-reactive ketones (excluding diaryl/α,β-unsaturated/α-hetero) is 1. The van der Waals surface area contributed by atoms with Crippen LogP contribution in [0.15, 0.2) is 65.9 Å². The molecule has 0 amide bonds. The highest BCUT2D eigenvalue weighted by Gasteiger charge is 2.32. The molecule has 1 heterocycles. The Hall–Kier alpha value is -2.66. The van der Waals surface area contributed by atoms with Crippen molar-refractivity contribution in [3.8, 4) is 5.75 Å². The van der Waals surface area contributed by atoms with Gasteiger partial charge in [-0.3, -0.25) is 4.79 Å². The van der Waals surface area contributed by atoms with Crippen LogP contribution in [0.2, 0.25) is 0 Å². The van der Waals surface area contributed by atoms with Crippen molar-refractivity contribution in [3.05, 3.63) is 77.0 Å². The lowest BCUT2D eigenvalue weighted by molar-refractivity contribution is -0.114. The van der Waals surface area contributed by atoms with E-state index in [1.165, 1.54) is 0 Å². The minimum atomic E-state index is -0.276. The van der Waals surface area contributed by atoms with Gasteiger partial charge in [-0.1, -0.05) is 42.5 Å². The quantitative estimate of drug-likeness (QED) is 0.811. The summed E-state index contributed by atoms with van der Waals surface area (Å²) in [5, 5.41) is 3.95. The lowest BCUT2D eigenvalue weighted by Gasteiger charge is -2.38. The van der Waals surface area contributed by atoms with E-state index >= 15 is 0 Å².